The van der Waals surface area contributed by atoms with Gasteiger partial charge in [-0.1, -0.05) is 6.07 Å². The fourth-order valence-corrected chi connectivity index (χ4v) is 3.38. The van der Waals surface area contributed by atoms with Gasteiger partial charge in [0.1, 0.15) is 5.75 Å². The molecule has 0 bridgehead atoms. The molecule has 26 heavy (non-hydrogen) atoms. The van der Waals surface area contributed by atoms with Crippen molar-refractivity contribution in [3.63, 3.8) is 0 Å². The Kier molecular flexibility index (Phi) is 6.66. The normalized spacial score (nSPS) is 15.3. The van der Waals surface area contributed by atoms with Crippen LogP contribution in [0.25, 0.3) is 0 Å². The van der Waals surface area contributed by atoms with Gasteiger partial charge in [0.15, 0.2) is 0 Å². The van der Waals surface area contributed by atoms with Crippen molar-refractivity contribution in [2.75, 3.05) is 33.4 Å². The number of nitrogens with one attached hydrogen (secondary N) is 1. The van der Waals surface area contributed by atoms with Gasteiger partial charge in [0.25, 0.3) is 0 Å². The molecular formula is C20H30N4O2. The molecule has 0 unspecified atom stereocenters. The van der Waals surface area contributed by atoms with E-state index in [-0.39, 0.29) is 0 Å². The van der Waals surface area contributed by atoms with Crippen LogP contribution in [0.15, 0.2) is 24.4 Å². The van der Waals surface area contributed by atoms with E-state index in [0.29, 0.717) is 0 Å². The second-order valence-electron chi connectivity index (χ2n) is 6.71. The number of aryl methyl sites for hydroxylation is 1. The smallest absolute Gasteiger partial charge is 0.123 e. The molecule has 6 heteroatoms. The average molecular weight is 358 g/mol. The highest BCUT2D eigenvalue weighted by Crippen LogP contribution is 2.22. The van der Waals surface area contributed by atoms with Gasteiger partial charge in [-0.25, -0.2) is 0 Å². The molecule has 142 valence electrons. The van der Waals surface area contributed by atoms with Crippen molar-refractivity contribution in [2.24, 2.45) is 0 Å². The SMILES string of the molecule is CCn1ncc(CNCc2ccc(OC)c(CN3CCOCC3)c2)c1C. The van der Waals surface area contributed by atoms with E-state index >= 15 is 0 Å². The minimum atomic E-state index is 0.814. The maximum absolute atomic E-state index is 5.56. The van der Waals surface area contributed by atoms with Crippen LogP contribution < -0.4 is 10.1 Å². The Hall–Kier alpha value is -1.89. The minimum Gasteiger partial charge on any atom is -0.496 e. The molecule has 0 atom stereocenters. The number of aromatic nitrogens is 2. The minimum absolute atomic E-state index is 0.814. The zero-order valence-corrected chi connectivity index (χ0v) is 16.1. The number of benzene rings is 1. The first-order chi connectivity index (χ1) is 12.7. The molecule has 0 spiro atoms. The standard InChI is InChI=1S/C20H30N4O2/c1-4-24-16(2)19(14-22-24)13-21-12-17-5-6-20(25-3)18(11-17)15-23-7-9-26-10-8-23/h5-6,11,14,21H,4,7-10,12-13,15H2,1-3H3. The van der Waals surface area contributed by atoms with Crippen LogP contribution in [0.5, 0.6) is 5.75 Å². The Balaban J connectivity index is 1.60. The van der Waals surface area contributed by atoms with Gasteiger partial charge in [0.05, 0.1) is 26.5 Å². The molecule has 1 saturated heterocycles. The lowest BCUT2D eigenvalue weighted by atomic mass is 10.1. The number of methoxy groups -OCH3 is 1. The lowest BCUT2D eigenvalue weighted by Crippen LogP contribution is -2.35. The van der Waals surface area contributed by atoms with Crippen LogP contribution in [-0.4, -0.2) is 48.1 Å². The predicted molar refractivity (Wildman–Crippen MR) is 102 cm³/mol. The highest BCUT2D eigenvalue weighted by Gasteiger charge is 2.14. The predicted octanol–water partition coefficient (Wildman–Crippen LogP) is 2.34. The summed E-state index contributed by atoms with van der Waals surface area (Å²) in [5.74, 6) is 0.959. The summed E-state index contributed by atoms with van der Waals surface area (Å²) in [5, 5.41) is 7.94. The summed E-state index contributed by atoms with van der Waals surface area (Å²) in [4.78, 5) is 2.42. The summed E-state index contributed by atoms with van der Waals surface area (Å²) in [5.41, 5.74) is 5.01. The summed E-state index contributed by atoms with van der Waals surface area (Å²) in [6, 6.07) is 6.47. The van der Waals surface area contributed by atoms with Crippen LogP contribution >= 0.6 is 0 Å². The number of hydrogen-bond donors (Lipinski definition) is 1. The molecule has 1 aromatic carbocycles. The van der Waals surface area contributed by atoms with Crippen molar-refractivity contribution in [3.05, 3.63) is 46.8 Å². The van der Waals surface area contributed by atoms with Gasteiger partial charge in [-0.05, 0) is 31.5 Å². The Labute approximate surface area is 156 Å². The van der Waals surface area contributed by atoms with Crippen LogP contribution in [0.3, 0.4) is 0 Å². The van der Waals surface area contributed by atoms with E-state index in [4.69, 9.17) is 9.47 Å². The van der Waals surface area contributed by atoms with Crippen molar-refractivity contribution in [2.45, 2.75) is 40.0 Å². The first-order valence-corrected chi connectivity index (χ1v) is 9.39. The average Bonchev–Trinajstić information content (AvgIpc) is 3.03. The first kappa shape index (κ1) is 18.9. The number of ether oxygens (including phenoxy) is 2. The van der Waals surface area contributed by atoms with Gasteiger partial charge in [0, 0.05) is 56.1 Å². The van der Waals surface area contributed by atoms with E-state index in [1.807, 2.05) is 10.9 Å². The summed E-state index contributed by atoms with van der Waals surface area (Å²) in [7, 11) is 1.74. The maximum Gasteiger partial charge on any atom is 0.123 e. The molecule has 0 amide bonds. The number of hydrogen-bond acceptors (Lipinski definition) is 5. The highest BCUT2D eigenvalue weighted by atomic mass is 16.5. The van der Waals surface area contributed by atoms with Gasteiger partial charge in [0.2, 0.25) is 0 Å². The van der Waals surface area contributed by atoms with E-state index in [1.165, 1.54) is 22.4 Å². The number of rotatable bonds is 8. The fourth-order valence-electron chi connectivity index (χ4n) is 3.38. The van der Waals surface area contributed by atoms with Crippen LogP contribution in [0.1, 0.15) is 29.3 Å². The van der Waals surface area contributed by atoms with Gasteiger partial charge in [-0.3, -0.25) is 9.58 Å². The van der Waals surface area contributed by atoms with E-state index in [9.17, 15) is 0 Å². The van der Waals surface area contributed by atoms with E-state index in [1.54, 1.807) is 7.11 Å². The van der Waals surface area contributed by atoms with Gasteiger partial charge < -0.3 is 14.8 Å². The number of morpholine rings is 1. The summed E-state index contributed by atoms with van der Waals surface area (Å²) in [6.45, 7) is 11.3. The summed E-state index contributed by atoms with van der Waals surface area (Å²) >= 11 is 0. The maximum atomic E-state index is 5.56. The molecule has 1 aliphatic rings. The van der Waals surface area contributed by atoms with Gasteiger partial charge >= 0.3 is 0 Å². The van der Waals surface area contributed by atoms with Crippen LogP contribution in [0, 0.1) is 6.92 Å². The second-order valence-corrected chi connectivity index (χ2v) is 6.71. The molecule has 1 aromatic heterocycles. The molecule has 0 saturated carbocycles. The summed E-state index contributed by atoms with van der Waals surface area (Å²) in [6.07, 6.45) is 1.96. The number of nitrogens with zero attached hydrogens (tertiary/aromatic N) is 3. The second kappa shape index (κ2) is 9.16. The third kappa shape index (κ3) is 4.63. The van der Waals surface area contributed by atoms with E-state index in [2.05, 4.69) is 47.4 Å². The Bertz CT molecular complexity index is 708. The molecule has 0 aliphatic carbocycles. The Morgan fingerprint density at radius 3 is 2.69 bits per heavy atom. The molecule has 1 fully saturated rings. The van der Waals surface area contributed by atoms with Gasteiger partial charge in [-0.2, -0.15) is 5.10 Å². The van der Waals surface area contributed by atoms with E-state index < -0.39 is 0 Å². The van der Waals surface area contributed by atoms with Crippen molar-refractivity contribution in [3.8, 4) is 5.75 Å². The van der Waals surface area contributed by atoms with Crippen LogP contribution in [0.2, 0.25) is 0 Å². The van der Waals surface area contributed by atoms with Crippen LogP contribution in [-0.2, 0) is 30.9 Å². The molecule has 6 nitrogen and oxygen atoms in total. The zero-order valence-electron chi connectivity index (χ0n) is 16.1. The van der Waals surface area contributed by atoms with E-state index in [0.717, 1.165) is 58.2 Å². The van der Waals surface area contributed by atoms with Crippen molar-refractivity contribution in [1.82, 2.24) is 20.0 Å². The van der Waals surface area contributed by atoms with Crippen molar-refractivity contribution >= 4 is 0 Å². The quantitative estimate of drug-likeness (QED) is 0.785. The van der Waals surface area contributed by atoms with Crippen LogP contribution in [0.4, 0.5) is 0 Å². The topological polar surface area (TPSA) is 51.5 Å². The molecule has 1 aliphatic heterocycles. The third-order valence-electron chi connectivity index (χ3n) is 4.99. The molecule has 1 N–H and O–H groups in total. The van der Waals surface area contributed by atoms with Gasteiger partial charge in [-0.15, -0.1) is 0 Å². The monoisotopic (exact) mass is 358 g/mol. The van der Waals surface area contributed by atoms with Crippen molar-refractivity contribution in [1.29, 1.82) is 0 Å². The fraction of sp³-hybridized carbons (Fsp3) is 0.550. The molecule has 2 heterocycles. The molecular weight excluding hydrogens is 328 g/mol. The molecule has 3 rings (SSSR count). The molecule has 0 radical (unpaired) electrons. The lowest BCUT2D eigenvalue weighted by molar-refractivity contribution is 0.0339. The Morgan fingerprint density at radius 2 is 2.00 bits per heavy atom. The lowest BCUT2D eigenvalue weighted by Gasteiger charge is -2.27. The van der Waals surface area contributed by atoms with Crippen molar-refractivity contribution < 1.29 is 9.47 Å². The first-order valence-electron chi connectivity index (χ1n) is 9.39. The largest absolute Gasteiger partial charge is 0.496 e. The highest BCUT2D eigenvalue weighted by molar-refractivity contribution is 5.37. The third-order valence-corrected chi connectivity index (χ3v) is 4.99. The summed E-state index contributed by atoms with van der Waals surface area (Å²) < 4.78 is 13.0. The Morgan fingerprint density at radius 1 is 1.19 bits per heavy atom. The zero-order chi connectivity index (χ0) is 18.4. The molecule has 2 aromatic rings.